The van der Waals surface area contributed by atoms with Crippen LogP contribution in [0.3, 0.4) is 0 Å². The van der Waals surface area contributed by atoms with Gasteiger partial charge in [0.2, 0.25) is 5.91 Å². The van der Waals surface area contributed by atoms with Crippen molar-refractivity contribution in [3.05, 3.63) is 52.0 Å². The highest BCUT2D eigenvalue weighted by atomic mass is 79.9. The van der Waals surface area contributed by atoms with Gasteiger partial charge in [0, 0.05) is 4.47 Å². The molecule has 0 radical (unpaired) electrons. The number of benzene rings is 2. The van der Waals surface area contributed by atoms with E-state index in [0.29, 0.717) is 5.69 Å². The van der Waals surface area contributed by atoms with E-state index in [1.54, 1.807) is 25.3 Å². The summed E-state index contributed by atoms with van der Waals surface area (Å²) in [5, 5.41) is 12.7. The largest absolute Gasteiger partial charge is 0.506 e. The fraction of sp³-hybridized carbons (Fsp3) is 0.278. The molecule has 5 heteroatoms. The number of anilines is 1. The highest BCUT2D eigenvalue weighted by Crippen LogP contribution is 2.50. The molecule has 1 saturated carbocycles. The highest BCUT2D eigenvalue weighted by Gasteiger charge is 2.51. The number of hydrogen-bond donors (Lipinski definition) is 2. The lowest BCUT2D eigenvalue weighted by Crippen LogP contribution is -2.27. The molecular weight excluding hydrogens is 358 g/mol. The number of carbonyl (C=O) groups excluding carboxylic acids is 1. The van der Waals surface area contributed by atoms with Crippen molar-refractivity contribution in [1.29, 1.82) is 0 Å². The van der Waals surface area contributed by atoms with Gasteiger partial charge in [-0.25, -0.2) is 0 Å². The Morgan fingerprint density at radius 1 is 1.26 bits per heavy atom. The Morgan fingerprint density at radius 2 is 2.00 bits per heavy atom. The summed E-state index contributed by atoms with van der Waals surface area (Å²) in [6.45, 7) is 1.97. The Labute approximate surface area is 143 Å². The summed E-state index contributed by atoms with van der Waals surface area (Å²) in [5.41, 5.74) is 1.87. The van der Waals surface area contributed by atoms with E-state index in [9.17, 15) is 9.90 Å². The van der Waals surface area contributed by atoms with E-state index in [0.717, 1.165) is 34.2 Å². The summed E-state index contributed by atoms with van der Waals surface area (Å²) < 4.78 is 6.16. The smallest absolute Gasteiger partial charge is 0.235 e. The molecule has 1 aliphatic carbocycles. The van der Waals surface area contributed by atoms with Crippen molar-refractivity contribution >= 4 is 27.5 Å². The SMILES string of the molecule is COc1cc(C2(C(=O)Nc3cc(Br)ccc3O)CC2)ccc1C. The molecule has 1 fully saturated rings. The van der Waals surface area contributed by atoms with Gasteiger partial charge in [-0.3, -0.25) is 4.79 Å². The summed E-state index contributed by atoms with van der Waals surface area (Å²) in [5.74, 6) is 0.738. The van der Waals surface area contributed by atoms with Crippen molar-refractivity contribution in [3.63, 3.8) is 0 Å². The van der Waals surface area contributed by atoms with Gasteiger partial charge in [-0.05, 0) is 55.2 Å². The predicted molar refractivity (Wildman–Crippen MR) is 93.1 cm³/mol. The van der Waals surface area contributed by atoms with Crippen molar-refractivity contribution in [2.75, 3.05) is 12.4 Å². The predicted octanol–water partition coefficient (Wildman–Crippen LogP) is 4.14. The summed E-state index contributed by atoms with van der Waals surface area (Å²) in [7, 11) is 1.63. The van der Waals surface area contributed by atoms with E-state index in [1.165, 1.54) is 0 Å². The van der Waals surface area contributed by atoms with Crippen LogP contribution in [0.5, 0.6) is 11.5 Å². The Hall–Kier alpha value is -2.01. The summed E-state index contributed by atoms with van der Waals surface area (Å²) in [4.78, 5) is 12.8. The minimum atomic E-state index is -0.532. The molecule has 2 aromatic carbocycles. The number of phenols is 1. The lowest BCUT2D eigenvalue weighted by Gasteiger charge is -2.18. The maximum absolute atomic E-state index is 12.8. The zero-order chi connectivity index (χ0) is 16.6. The number of aromatic hydroxyl groups is 1. The van der Waals surface area contributed by atoms with Gasteiger partial charge in [0.1, 0.15) is 11.5 Å². The number of amides is 1. The lowest BCUT2D eigenvalue weighted by atomic mass is 9.93. The number of halogens is 1. The number of aryl methyl sites for hydroxylation is 1. The van der Waals surface area contributed by atoms with Crippen LogP contribution in [-0.4, -0.2) is 18.1 Å². The van der Waals surface area contributed by atoms with E-state index in [-0.39, 0.29) is 11.7 Å². The van der Waals surface area contributed by atoms with E-state index < -0.39 is 5.41 Å². The van der Waals surface area contributed by atoms with E-state index in [1.807, 2.05) is 25.1 Å². The normalized spacial score (nSPS) is 15.1. The molecule has 0 aliphatic heterocycles. The monoisotopic (exact) mass is 375 g/mol. The van der Waals surface area contributed by atoms with Crippen LogP contribution < -0.4 is 10.1 Å². The van der Waals surface area contributed by atoms with E-state index >= 15 is 0 Å². The molecule has 0 spiro atoms. The zero-order valence-electron chi connectivity index (χ0n) is 13.0. The number of hydrogen-bond acceptors (Lipinski definition) is 3. The molecule has 3 rings (SSSR count). The maximum Gasteiger partial charge on any atom is 0.235 e. The topological polar surface area (TPSA) is 58.6 Å². The fourth-order valence-corrected chi connectivity index (χ4v) is 3.10. The Morgan fingerprint density at radius 3 is 2.65 bits per heavy atom. The maximum atomic E-state index is 12.8. The molecule has 0 atom stereocenters. The molecule has 0 saturated heterocycles. The van der Waals surface area contributed by atoms with Crippen molar-refractivity contribution in [2.45, 2.75) is 25.2 Å². The highest BCUT2D eigenvalue weighted by molar-refractivity contribution is 9.10. The van der Waals surface area contributed by atoms with Gasteiger partial charge in [-0.2, -0.15) is 0 Å². The van der Waals surface area contributed by atoms with Crippen molar-refractivity contribution in [2.24, 2.45) is 0 Å². The minimum Gasteiger partial charge on any atom is -0.506 e. The van der Waals surface area contributed by atoms with Crippen molar-refractivity contribution in [1.82, 2.24) is 0 Å². The molecule has 0 bridgehead atoms. The Kier molecular flexibility index (Phi) is 4.06. The fourth-order valence-electron chi connectivity index (χ4n) is 2.74. The Balaban J connectivity index is 1.88. The average Bonchev–Trinajstić information content (AvgIpc) is 3.33. The molecule has 2 N–H and O–H groups in total. The average molecular weight is 376 g/mol. The van der Waals surface area contributed by atoms with Crippen molar-refractivity contribution in [3.8, 4) is 11.5 Å². The van der Waals surface area contributed by atoms with Gasteiger partial charge >= 0.3 is 0 Å². The van der Waals surface area contributed by atoms with Gasteiger partial charge in [0.15, 0.2) is 0 Å². The second-order valence-corrected chi connectivity index (χ2v) is 6.80. The first-order valence-corrected chi connectivity index (χ1v) is 8.21. The van der Waals surface area contributed by atoms with Crippen LogP contribution in [0.25, 0.3) is 0 Å². The number of phenolic OH excluding ortho intramolecular Hbond substituents is 1. The molecule has 0 heterocycles. The summed E-state index contributed by atoms with van der Waals surface area (Å²) >= 11 is 3.35. The van der Waals surface area contributed by atoms with Gasteiger partial charge in [-0.15, -0.1) is 0 Å². The minimum absolute atomic E-state index is 0.0545. The summed E-state index contributed by atoms with van der Waals surface area (Å²) in [6, 6.07) is 10.8. The quantitative estimate of drug-likeness (QED) is 0.789. The third kappa shape index (κ3) is 2.93. The second kappa shape index (κ2) is 5.89. The Bertz CT molecular complexity index is 769. The molecule has 4 nitrogen and oxygen atoms in total. The van der Waals surface area contributed by atoms with Crippen LogP contribution >= 0.6 is 15.9 Å². The van der Waals surface area contributed by atoms with Gasteiger partial charge in [0.25, 0.3) is 0 Å². The van der Waals surface area contributed by atoms with Gasteiger partial charge in [0.05, 0.1) is 18.2 Å². The second-order valence-electron chi connectivity index (χ2n) is 5.88. The molecule has 2 aromatic rings. The third-order valence-electron chi connectivity index (χ3n) is 4.35. The summed E-state index contributed by atoms with van der Waals surface area (Å²) in [6.07, 6.45) is 1.58. The van der Waals surface area contributed by atoms with Gasteiger partial charge in [-0.1, -0.05) is 28.1 Å². The number of rotatable bonds is 4. The number of carbonyl (C=O) groups is 1. The zero-order valence-corrected chi connectivity index (χ0v) is 14.6. The molecule has 1 aliphatic rings. The van der Waals surface area contributed by atoms with Crippen molar-refractivity contribution < 1.29 is 14.6 Å². The van der Waals surface area contributed by atoms with Crippen LogP contribution in [0.1, 0.15) is 24.0 Å². The first-order valence-electron chi connectivity index (χ1n) is 7.41. The van der Waals surface area contributed by atoms with Crippen LogP contribution in [-0.2, 0) is 10.2 Å². The first-order chi connectivity index (χ1) is 11.0. The third-order valence-corrected chi connectivity index (χ3v) is 4.85. The standard InChI is InChI=1S/C18H18BrNO3/c1-11-3-4-12(9-16(11)23-2)18(7-8-18)17(22)20-14-10-13(19)5-6-15(14)21/h3-6,9-10,21H,7-8H2,1-2H3,(H,20,22). The van der Waals surface area contributed by atoms with Gasteiger partial charge < -0.3 is 15.2 Å². The van der Waals surface area contributed by atoms with E-state index in [2.05, 4.69) is 21.2 Å². The van der Waals surface area contributed by atoms with Crippen LogP contribution in [0, 0.1) is 6.92 Å². The molecule has 1 amide bonds. The lowest BCUT2D eigenvalue weighted by molar-refractivity contribution is -0.118. The van der Waals surface area contributed by atoms with Crippen LogP contribution in [0.4, 0.5) is 5.69 Å². The molecule has 0 aromatic heterocycles. The number of ether oxygens (including phenoxy) is 1. The number of nitrogens with one attached hydrogen (secondary N) is 1. The number of methoxy groups -OCH3 is 1. The first kappa shape index (κ1) is 15.9. The molecule has 23 heavy (non-hydrogen) atoms. The molecular formula is C18H18BrNO3. The van der Waals surface area contributed by atoms with Crippen LogP contribution in [0.2, 0.25) is 0 Å². The van der Waals surface area contributed by atoms with Crippen LogP contribution in [0.15, 0.2) is 40.9 Å². The van der Waals surface area contributed by atoms with E-state index in [4.69, 9.17) is 4.74 Å². The molecule has 120 valence electrons. The molecule has 0 unspecified atom stereocenters.